The van der Waals surface area contributed by atoms with E-state index in [2.05, 4.69) is 17.0 Å². The molecule has 0 fully saturated rings. The van der Waals surface area contributed by atoms with Crippen LogP contribution in [0.5, 0.6) is 5.75 Å². The first-order valence-electron chi connectivity index (χ1n) is 6.18. The smallest absolute Gasteiger partial charge is 0.124 e. The zero-order chi connectivity index (χ0) is 13.7. The van der Waals surface area contributed by atoms with Crippen molar-refractivity contribution in [1.82, 2.24) is 4.90 Å². The van der Waals surface area contributed by atoms with Crippen molar-refractivity contribution in [2.45, 2.75) is 26.5 Å². The van der Waals surface area contributed by atoms with E-state index >= 15 is 0 Å². The summed E-state index contributed by atoms with van der Waals surface area (Å²) in [7, 11) is 3.67. The number of nitrogens with two attached hydrogens (primary N) is 1. The molecule has 0 aromatic heterocycles. The highest BCUT2D eigenvalue weighted by molar-refractivity contribution is 5.43. The summed E-state index contributed by atoms with van der Waals surface area (Å²) in [6.45, 7) is 5.77. The second kappa shape index (κ2) is 6.73. The van der Waals surface area contributed by atoms with Gasteiger partial charge in [-0.2, -0.15) is 0 Å². The molecule has 0 amide bonds. The van der Waals surface area contributed by atoms with Gasteiger partial charge in [0.1, 0.15) is 5.75 Å². The van der Waals surface area contributed by atoms with E-state index < -0.39 is 6.10 Å². The Morgan fingerprint density at radius 1 is 1.33 bits per heavy atom. The quantitative estimate of drug-likeness (QED) is 0.795. The molecule has 1 unspecified atom stereocenters. The molecule has 0 saturated heterocycles. The Hall–Kier alpha value is -1.10. The summed E-state index contributed by atoms with van der Waals surface area (Å²) in [6, 6.07) is 4.24. The maximum atomic E-state index is 9.51. The summed E-state index contributed by atoms with van der Waals surface area (Å²) in [5.41, 5.74) is 8.90. The van der Waals surface area contributed by atoms with Crippen molar-refractivity contribution >= 4 is 0 Å². The minimum atomic E-state index is -0.463. The van der Waals surface area contributed by atoms with Crippen LogP contribution in [0.15, 0.2) is 12.1 Å². The number of benzene rings is 1. The lowest BCUT2D eigenvalue weighted by Gasteiger charge is -2.20. The van der Waals surface area contributed by atoms with E-state index in [-0.39, 0.29) is 0 Å². The first-order valence-corrected chi connectivity index (χ1v) is 6.18. The van der Waals surface area contributed by atoms with E-state index in [1.165, 1.54) is 5.56 Å². The topological polar surface area (TPSA) is 58.7 Å². The van der Waals surface area contributed by atoms with E-state index in [1.54, 1.807) is 7.11 Å². The third-order valence-electron chi connectivity index (χ3n) is 2.97. The lowest BCUT2D eigenvalue weighted by molar-refractivity contribution is 0.129. The van der Waals surface area contributed by atoms with Gasteiger partial charge in [-0.05, 0) is 37.6 Å². The van der Waals surface area contributed by atoms with Crippen LogP contribution >= 0.6 is 0 Å². The van der Waals surface area contributed by atoms with Crippen LogP contribution in [0, 0.1) is 13.8 Å². The number of aryl methyl sites for hydroxylation is 2. The lowest BCUT2D eigenvalue weighted by Crippen LogP contribution is -2.33. The highest BCUT2D eigenvalue weighted by atomic mass is 16.5. The molecular formula is C14H24N2O2. The Morgan fingerprint density at radius 3 is 2.33 bits per heavy atom. The van der Waals surface area contributed by atoms with Gasteiger partial charge in [0.05, 0.1) is 13.2 Å². The Morgan fingerprint density at radius 2 is 1.89 bits per heavy atom. The molecule has 3 N–H and O–H groups in total. The maximum absolute atomic E-state index is 9.51. The fraction of sp³-hybridized carbons (Fsp3) is 0.571. The number of rotatable bonds is 6. The number of hydrogen-bond donors (Lipinski definition) is 2. The normalized spacial score (nSPS) is 12.8. The highest BCUT2D eigenvalue weighted by Crippen LogP contribution is 2.24. The number of methoxy groups -OCH3 is 1. The van der Waals surface area contributed by atoms with Crippen LogP contribution in [0.3, 0.4) is 0 Å². The van der Waals surface area contributed by atoms with Crippen LogP contribution in [0.4, 0.5) is 0 Å². The molecule has 0 aliphatic heterocycles. The Kier molecular flexibility index (Phi) is 5.59. The van der Waals surface area contributed by atoms with Crippen molar-refractivity contribution in [1.29, 1.82) is 0 Å². The molecule has 0 spiro atoms. The zero-order valence-electron chi connectivity index (χ0n) is 11.7. The fourth-order valence-corrected chi connectivity index (χ4v) is 2.26. The van der Waals surface area contributed by atoms with E-state index in [4.69, 9.17) is 10.5 Å². The van der Waals surface area contributed by atoms with Gasteiger partial charge in [0.25, 0.3) is 0 Å². The Bertz CT molecular complexity index is 370. The lowest BCUT2D eigenvalue weighted by atomic mass is 10.1. The van der Waals surface area contributed by atoms with Gasteiger partial charge in [-0.15, -0.1) is 0 Å². The molecule has 102 valence electrons. The Labute approximate surface area is 109 Å². The average molecular weight is 252 g/mol. The van der Waals surface area contributed by atoms with Crippen molar-refractivity contribution < 1.29 is 9.84 Å². The van der Waals surface area contributed by atoms with Gasteiger partial charge in [0, 0.05) is 19.6 Å². The maximum Gasteiger partial charge on any atom is 0.124 e. The highest BCUT2D eigenvalue weighted by Gasteiger charge is 2.09. The van der Waals surface area contributed by atoms with Crippen LogP contribution in [0.25, 0.3) is 0 Å². The van der Waals surface area contributed by atoms with Crippen LogP contribution in [-0.2, 0) is 6.54 Å². The van der Waals surface area contributed by atoms with Crippen molar-refractivity contribution in [3.05, 3.63) is 28.8 Å². The zero-order valence-corrected chi connectivity index (χ0v) is 11.7. The SMILES string of the molecule is COc1c(C)cc(CN(C)CC(O)CN)cc1C. The predicted octanol–water partition coefficient (Wildman–Crippen LogP) is 1.06. The summed E-state index contributed by atoms with van der Waals surface area (Å²) >= 11 is 0. The van der Waals surface area contributed by atoms with Crippen molar-refractivity contribution in [3.8, 4) is 5.75 Å². The third kappa shape index (κ3) is 3.98. The summed E-state index contributed by atoms with van der Waals surface area (Å²) in [6.07, 6.45) is -0.463. The summed E-state index contributed by atoms with van der Waals surface area (Å²) in [4.78, 5) is 2.07. The van der Waals surface area contributed by atoms with Crippen molar-refractivity contribution in [2.75, 3.05) is 27.2 Å². The molecule has 1 rings (SSSR count). The largest absolute Gasteiger partial charge is 0.496 e. The predicted molar refractivity (Wildman–Crippen MR) is 73.9 cm³/mol. The monoisotopic (exact) mass is 252 g/mol. The van der Waals surface area contributed by atoms with Crippen molar-refractivity contribution in [3.63, 3.8) is 0 Å². The van der Waals surface area contributed by atoms with Crippen LogP contribution in [0.2, 0.25) is 0 Å². The van der Waals surface area contributed by atoms with Gasteiger partial charge in [0.15, 0.2) is 0 Å². The van der Waals surface area contributed by atoms with E-state index in [1.807, 2.05) is 20.9 Å². The van der Waals surface area contributed by atoms with E-state index in [9.17, 15) is 5.11 Å². The molecule has 0 aliphatic carbocycles. The molecule has 0 saturated carbocycles. The van der Waals surface area contributed by atoms with Gasteiger partial charge >= 0.3 is 0 Å². The van der Waals surface area contributed by atoms with Gasteiger partial charge in [-0.1, -0.05) is 12.1 Å². The number of hydrogen-bond acceptors (Lipinski definition) is 4. The van der Waals surface area contributed by atoms with Gasteiger partial charge in [-0.25, -0.2) is 0 Å². The standard InChI is InChI=1S/C14H24N2O2/c1-10-5-12(6-11(2)14(10)18-4)8-16(3)9-13(17)7-15/h5-6,13,17H,7-9,15H2,1-4H3. The van der Waals surface area contributed by atoms with E-state index in [0.29, 0.717) is 13.1 Å². The molecular weight excluding hydrogens is 228 g/mol. The first-order chi connectivity index (χ1) is 8.47. The second-order valence-electron chi connectivity index (χ2n) is 4.85. The molecule has 1 aromatic carbocycles. The number of nitrogens with zero attached hydrogens (tertiary/aromatic N) is 1. The number of aliphatic hydroxyl groups excluding tert-OH is 1. The minimum Gasteiger partial charge on any atom is -0.496 e. The fourth-order valence-electron chi connectivity index (χ4n) is 2.26. The van der Waals surface area contributed by atoms with Crippen LogP contribution < -0.4 is 10.5 Å². The van der Waals surface area contributed by atoms with Crippen LogP contribution in [0.1, 0.15) is 16.7 Å². The Balaban J connectivity index is 2.73. The number of ether oxygens (including phenoxy) is 1. The molecule has 0 heterocycles. The molecule has 0 bridgehead atoms. The molecule has 0 radical (unpaired) electrons. The first kappa shape index (κ1) is 15.0. The summed E-state index contributed by atoms with van der Waals surface area (Å²) < 4.78 is 5.35. The van der Waals surface area contributed by atoms with E-state index in [0.717, 1.165) is 23.4 Å². The third-order valence-corrected chi connectivity index (χ3v) is 2.97. The second-order valence-corrected chi connectivity index (χ2v) is 4.85. The molecule has 18 heavy (non-hydrogen) atoms. The van der Waals surface area contributed by atoms with Crippen LogP contribution in [-0.4, -0.2) is 43.4 Å². The molecule has 4 nitrogen and oxygen atoms in total. The summed E-state index contributed by atoms with van der Waals surface area (Å²) in [5.74, 6) is 0.948. The molecule has 4 heteroatoms. The van der Waals surface area contributed by atoms with Crippen molar-refractivity contribution in [2.24, 2.45) is 5.73 Å². The minimum absolute atomic E-state index is 0.297. The van der Waals surface area contributed by atoms with Gasteiger partial charge in [0.2, 0.25) is 0 Å². The van der Waals surface area contributed by atoms with Gasteiger partial charge in [-0.3, -0.25) is 4.90 Å². The molecule has 1 atom stereocenters. The number of likely N-dealkylation sites (N-methyl/N-ethyl adjacent to an activating group) is 1. The number of aliphatic hydroxyl groups is 1. The van der Waals surface area contributed by atoms with Gasteiger partial charge < -0.3 is 15.6 Å². The molecule has 0 aliphatic rings. The average Bonchev–Trinajstić information content (AvgIpc) is 2.28. The summed E-state index contributed by atoms with van der Waals surface area (Å²) in [5, 5.41) is 9.51. The molecule has 1 aromatic rings.